The minimum absolute atomic E-state index is 0.0313. The zero-order valence-electron chi connectivity index (χ0n) is 22.7. The molecule has 1 aromatic carbocycles. The fourth-order valence-electron chi connectivity index (χ4n) is 5.27. The summed E-state index contributed by atoms with van der Waals surface area (Å²) in [6.45, 7) is 6.78. The number of ether oxygens (including phenoxy) is 1. The van der Waals surface area contributed by atoms with Crippen molar-refractivity contribution in [2.45, 2.75) is 77.0 Å². The summed E-state index contributed by atoms with van der Waals surface area (Å²) in [5.41, 5.74) is 9.63. The lowest BCUT2D eigenvalue weighted by Crippen LogP contribution is -2.36. The van der Waals surface area contributed by atoms with E-state index < -0.39 is 0 Å². The van der Waals surface area contributed by atoms with Crippen LogP contribution in [0.3, 0.4) is 0 Å². The Morgan fingerprint density at radius 3 is 2.63 bits per heavy atom. The molecule has 1 amide bonds. The predicted molar refractivity (Wildman–Crippen MR) is 148 cm³/mol. The third-order valence-electron chi connectivity index (χ3n) is 7.72. The van der Waals surface area contributed by atoms with Crippen LogP contribution in [0.15, 0.2) is 30.5 Å². The summed E-state index contributed by atoms with van der Waals surface area (Å²) in [6, 6.07) is 8.51. The Labute approximate surface area is 224 Å². The van der Waals surface area contributed by atoms with E-state index in [-0.39, 0.29) is 29.9 Å². The molecule has 1 saturated heterocycles. The third-order valence-corrected chi connectivity index (χ3v) is 7.72. The summed E-state index contributed by atoms with van der Waals surface area (Å²) in [5.74, 6) is 0.959. The number of fused-ring (bicyclic) bond motifs is 1. The molecular formula is C28H40N8O2. The van der Waals surface area contributed by atoms with E-state index in [0.717, 1.165) is 74.1 Å². The van der Waals surface area contributed by atoms with Crippen LogP contribution in [0.4, 0.5) is 11.6 Å². The van der Waals surface area contributed by atoms with Gasteiger partial charge in [-0.2, -0.15) is 19.6 Å². The minimum atomic E-state index is 0.0313. The Balaban J connectivity index is 1.30. The number of nitrogens with one attached hydrogen (secondary N) is 2. The van der Waals surface area contributed by atoms with Crippen LogP contribution in [0, 0.1) is 5.92 Å². The molecule has 0 radical (unpaired) electrons. The second kappa shape index (κ2) is 11.7. The van der Waals surface area contributed by atoms with E-state index in [9.17, 15) is 4.79 Å². The molecule has 10 nitrogen and oxygen atoms in total. The quantitative estimate of drug-likeness (QED) is 0.410. The zero-order chi connectivity index (χ0) is 26.6. The normalized spacial score (nSPS) is 21.1. The summed E-state index contributed by atoms with van der Waals surface area (Å²) in [7, 11) is 2.13. The standard InChI is InChI=1S/C28H40N8O2/c1-18(2)24-17-31-36-25(24)33-28(38-23-11-13-35(3)14-12-23)34-27(36)30-16-19-5-4-6-22(15-19)32-26(37)20-7-9-21(29)10-8-20/h4-6,15,17-18,20-21,23H,7-14,16,29H2,1-3H3,(H,32,37)(H,30,33,34)/t20-,21+. The highest BCUT2D eigenvalue weighted by Gasteiger charge is 2.25. The number of carbonyl (C=O) groups is 1. The Kier molecular flexibility index (Phi) is 8.09. The van der Waals surface area contributed by atoms with Gasteiger partial charge in [0.2, 0.25) is 11.9 Å². The smallest absolute Gasteiger partial charge is 0.322 e. The number of piperidine rings is 1. The van der Waals surface area contributed by atoms with Gasteiger partial charge < -0.3 is 26.0 Å². The maximum Gasteiger partial charge on any atom is 0.322 e. The van der Waals surface area contributed by atoms with Crippen LogP contribution in [0.2, 0.25) is 0 Å². The summed E-state index contributed by atoms with van der Waals surface area (Å²) in [4.78, 5) is 24.5. The van der Waals surface area contributed by atoms with Crippen LogP contribution in [-0.4, -0.2) is 62.7 Å². The molecule has 5 rings (SSSR count). The van der Waals surface area contributed by atoms with Crippen LogP contribution in [-0.2, 0) is 11.3 Å². The van der Waals surface area contributed by atoms with Gasteiger partial charge in [0.25, 0.3) is 0 Å². The summed E-state index contributed by atoms with van der Waals surface area (Å²) < 4.78 is 8.00. The van der Waals surface area contributed by atoms with Gasteiger partial charge in [-0.3, -0.25) is 4.79 Å². The number of hydrogen-bond acceptors (Lipinski definition) is 8. The lowest BCUT2D eigenvalue weighted by Gasteiger charge is -2.28. The number of benzene rings is 1. The third kappa shape index (κ3) is 6.24. The second-order valence-electron chi connectivity index (χ2n) is 11.1. The number of anilines is 2. The van der Waals surface area contributed by atoms with Gasteiger partial charge in [0.15, 0.2) is 5.65 Å². The van der Waals surface area contributed by atoms with Crippen molar-refractivity contribution in [2.75, 3.05) is 30.8 Å². The number of rotatable bonds is 8. The van der Waals surface area contributed by atoms with Gasteiger partial charge in [0.1, 0.15) is 6.10 Å². The molecule has 1 aliphatic carbocycles. The molecule has 3 heterocycles. The first-order valence-corrected chi connectivity index (χ1v) is 13.9. The van der Waals surface area contributed by atoms with E-state index in [0.29, 0.717) is 18.5 Å². The molecule has 0 spiro atoms. The number of aromatic nitrogens is 4. The fraction of sp³-hybridized carbons (Fsp3) is 0.571. The monoisotopic (exact) mass is 520 g/mol. The first kappa shape index (κ1) is 26.4. The summed E-state index contributed by atoms with van der Waals surface area (Å²) >= 11 is 0. The Hall–Kier alpha value is -3.24. The van der Waals surface area contributed by atoms with Crippen LogP contribution >= 0.6 is 0 Å². The Morgan fingerprint density at radius 1 is 1.13 bits per heavy atom. The van der Waals surface area contributed by atoms with Crippen molar-refractivity contribution in [2.24, 2.45) is 11.7 Å². The highest BCUT2D eigenvalue weighted by atomic mass is 16.5. The molecule has 2 aromatic heterocycles. The van der Waals surface area contributed by atoms with Gasteiger partial charge in [-0.15, -0.1) is 0 Å². The lowest BCUT2D eigenvalue weighted by atomic mass is 9.86. The molecule has 0 bridgehead atoms. The fourth-order valence-corrected chi connectivity index (χ4v) is 5.27. The molecule has 4 N–H and O–H groups in total. The Morgan fingerprint density at radius 2 is 1.89 bits per heavy atom. The van der Waals surface area contributed by atoms with Gasteiger partial charge in [-0.1, -0.05) is 26.0 Å². The van der Waals surface area contributed by atoms with E-state index in [1.54, 1.807) is 4.52 Å². The number of carbonyl (C=O) groups excluding carboxylic acids is 1. The van der Waals surface area contributed by atoms with Crippen molar-refractivity contribution in [1.82, 2.24) is 24.5 Å². The van der Waals surface area contributed by atoms with Crippen molar-refractivity contribution >= 4 is 23.2 Å². The van der Waals surface area contributed by atoms with Gasteiger partial charge in [-0.25, -0.2) is 0 Å². The van der Waals surface area contributed by atoms with Crippen molar-refractivity contribution in [3.05, 3.63) is 41.6 Å². The SMILES string of the molecule is CC(C)c1cnn2c(NCc3cccc(NC(=O)[C@H]4CC[C@@H](N)CC4)c3)nc(OC3CCN(C)CC3)nc12. The molecule has 1 aliphatic heterocycles. The van der Waals surface area contributed by atoms with Crippen molar-refractivity contribution in [3.63, 3.8) is 0 Å². The molecule has 1 saturated carbocycles. The molecule has 2 aliphatic rings. The van der Waals surface area contributed by atoms with Crippen molar-refractivity contribution in [1.29, 1.82) is 0 Å². The van der Waals surface area contributed by atoms with Gasteiger partial charge in [0.05, 0.1) is 6.20 Å². The highest BCUT2D eigenvalue weighted by molar-refractivity contribution is 5.92. The van der Waals surface area contributed by atoms with Gasteiger partial charge in [0, 0.05) is 42.8 Å². The number of likely N-dealkylation sites (tertiary alicyclic amines) is 1. The first-order chi connectivity index (χ1) is 18.4. The average Bonchev–Trinajstić information content (AvgIpc) is 3.34. The maximum absolute atomic E-state index is 12.8. The molecule has 3 aromatic rings. The number of hydrogen-bond donors (Lipinski definition) is 3. The predicted octanol–water partition coefficient (Wildman–Crippen LogP) is 3.79. The van der Waals surface area contributed by atoms with Crippen LogP contribution in [0.5, 0.6) is 6.01 Å². The average molecular weight is 521 g/mol. The first-order valence-electron chi connectivity index (χ1n) is 13.9. The second-order valence-corrected chi connectivity index (χ2v) is 11.1. The van der Waals surface area contributed by atoms with Crippen LogP contribution in [0.1, 0.15) is 69.4 Å². The molecule has 0 atom stereocenters. The van der Waals surface area contributed by atoms with E-state index >= 15 is 0 Å². The van der Waals surface area contributed by atoms with E-state index in [4.69, 9.17) is 20.4 Å². The number of nitrogens with zero attached hydrogens (tertiary/aromatic N) is 5. The minimum Gasteiger partial charge on any atom is -0.460 e. The van der Waals surface area contributed by atoms with Crippen molar-refractivity contribution in [3.8, 4) is 6.01 Å². The van der Waals surface area contributed by atoms with E-state index in [1.807, 2.05) is 30.5 Å². The van der Waals surface area contributed by atoms with Crippen molar-refractivity contribution < 1.29 is 9.53 Å². The number of nitrogens with two attached hydrogens (primary N) is 1. The highest BCUT2D eigenvalue weighted by Crippen LogP contribution is 2.26. The van der Waals surface area contributed by atoms with Gasteiger partial charge in [-0.05, 0) is 69.2 Å². The summed E-state index contributed by atoms with van der Waals surface area (Å²) in [6.07, 6.45) is 7.38. The Bertz CT molecular complexity index is 1240. The zero-order valence-corrected chi connectivity index (χ0v) is 22.7. The van der Waals surface area contributed by atoms with E-state index in [1.165, 1.54) is 0 Å². The topological polar surface area (TPSA) is 123 Å². The largest absolute Gasteiger partial charge is 0.460 e. The van der Waals surface area contributed by atoms with E-state index in [2.05, 4.69) is 41.5 Å². The molecule has 204 valence electrons. The van der Waals surface area contributed by atoms with Crippen LogP contribution < -0.4 is 21.1 Å². The molecule has 0 unspecified atom stereocenters. The van der Waals surface area contributed by atoms with Gasteiger partial charge >= 0.3 is 6.01 Å². The number of amides is 1. The van der Waals surface area contributed by atoms with Crippen LogP contribution in [0.25, 0.3) is 5.65 Å². The lowest BCUT2D eigenvalue weighted by molar-refractivity contribution is -0.120. The maximum atomic E-state index is 12.8. The molecule has 10 heteroatoms. The molecule has 2 fully saturated rings. The summed E-state index contributed by atoms with van der Waals surface area (Å²) in [5, 5.41) is 11.1. The molecular weight excluding hydrogens is 480 g/mol. The molecule has 38 heavy (non-hydrogen) atoms.